The number of hydrogen-bond acceptors (Lipinski definition) is 3. The van der Waals surface area contributed by atoms with Crippen LogP contribution in [0.3, 0.4) is 0 Å². The zero-order valence-corrected chi connectivity index (χ0v) is 11.5. The molecule has 0 aromatic rings. The van der Waals surface area contributed by atoms with Crippen molar-refractivity contribution in [1.29, 1.82) is 0 Å². The number of hydrogen-bond donors (Lipinski definition) is 1. The van der Waals surface area contributed by atoms with Crippen LogP contribution in [0.1, 0.15) is 41.0 Å². The van der Waals surface area contributed by atoms with E-state index in [4.69, 9.17) is 0 Å². The molecular formula is C12H21NO2S. The molecule has 3 nitrogen and oxygen atoms in total. The summed E-state index contributed by atoms with van der Waals surface area (Å²) in [6.07, 6.45) is 0.328. The minimum Gasteiger partial charge on any atom is -0.351 e. The maximum Gasteiger partial charge on any atom is 0.221 e. The van der Waals surface area contributed by atoms with Crippen molar-refractivity contribution in [2.45, 2.75) is 57.1 Å². The number of ketones is 1. The molecule has 1 rings (SSSR count). The van der Waals surface area contributed by atoms with Crippen LogP contribution in [0.5, 0.6) is 0 Å². The highest BCUT2D eigenvalue weighted by Crippen LogP contribution is 2.36. The summed E-state index contributed by atoms with van der Waals surface area (Å²) in [5.74, 6) is 0.0938. The largest absolute Gasteiger partial charge is 0.351 e. The van der Waals surface area contributed by atoms with Crippen LogP contribution in [0.2, 0.25) is 0 Å². The monoisotopic (exact) mass is 243 g/mol. The van der Waals surface area contributed by atoms with E-state index in [9.17, 15) is 9.59 Å². The van der Waals surface area contributed by atoms with Crippen LogP contribution in [-0.2, 0) is 9.59 Å². The summed E-state index contributed by atoms with van der Waals surface area (Å²) in [7, 11) is 0. The summed E-state index contributed by atoms with van der Waals surface area (Å²) in [5.41, 5.74) is -0.221. The van der Waals surface area contributed by atoms with E-state index in [2.05, 4.69) is 5.32 Å². The van der Waals surface area contributed by atoms with Gasteiger partial charge in [0.15, 0.2) is 0 Å². The summed E-state index contributed by atoms with van der Waals surface area (Å²) < 4.78 is 0. The second-order valence-corrected chi connectivity index (χ2v) is 7.22. The maximum atomic E-state index is 11.8. The van der Waals surface area contributed by atoms with Gasteiger partial charge in [-0.05, 0) is 27.7 Å². The number of carbonyl (C=O) groups excluding carboxylic acids is 2. The molecule has 0 aliphatic carbocycles. The third kappa shape index (κ3) is 3.51. The lowest BCUT2D eigenvalue weighted by atomic mass is 9.94. The van der Waals surface area contributed by atoms with Crippen molar-refractivity contribution in [2.75, 3.05) is 0 Å². The molecule has 3 atom stereocenters. The quantitative estimate of drug-likeness (QED) is 0.807. The Morgan fingerprint density at radius 1 is 1.38 bits per heavy atom. The van der Waals surface area contributed by atoms with Gasteiger partial charge in [0.1, 0.15) is 5.78 Å². The van der Waals surface area contributed by atoms with Crippen LogP contribution in [0.4, 0.5) is 0 Å². The van der Waals surface area contributed by atoms with Gasteiger partial charge >= 0.3 is 0 Å². The molecular weight excluding hydrogens is 222 g/mol. The first-order valence-corrected chi connectivity index (χ1v) is 6.65. The summed E-state index contributed by atoms with van der Waals surface area (Å²) in [4.78, 5) is 23.6. The fourth-order valence-electron chi connectivity index (χ4n) is 1.95. The molecule has 1 saturated heterocycles. The molecule has 0 aromatic heterocycles. The van der Waals surface area contributed by atoms with Gasteiger partial charge in [-0.1, -0.05) is 6.92 Å². The van der Waals surface area contributed by atoms with E-state index >= 15 is 0 Å². The van der Waals surface area contributed by atoms with E-state index in [1.807, 2.05) is 34.6 Å². The molecule has 0 bridgehead atoms. The lowest BCUT2D eigenvalue weighted by molar-refractivity contribution is -0.128. The molecule has 0 spiro atoms. The van der Waals surface area contributed by atoms with Crippen LogP contribution >= 0.6 is 11.8 Å². The van der Waals surface area contributed by atoms with Crippen molar-refractivity contribution in [3.8, 4) is 0 Å². The SMILES string of the molecule is CC1SC(C)C(CC(=O)NC(C)(C)C)C1=O. The first kappa shape index (κ1) is 13.6. The third-order valence-corrected chi connectivity index (χ3v) is 4.07. The van der Waals surface area contributed by atoms with E-state index in [0.717, 1.165) is 0 Å². The number of thioether (sulfide) groups is 1. The van der Waals surface area contributed by atoms with Gasteiger partial charge in [-0.3, -0.25) is 9.59 Å². The minimum atomic E-state index is -0.221. The molecule has 1 amide bonds. The minimum absolute atomic E-state index is 0.0209. The lowest BCUT2D eigenvalue weighted by Gasteiger charge is -2.22. The molecule has 1 fully saturated rings. The molecule has 16 heavy (non-hydrogen) atoms. The van der Waals surface area contributed by atoms with Crippen molar-refractivity contribution in [3.05, 3.63) is 0 Å². The van der Waals surface area contributed by atoms with E-state index in [-0.39, 0.29) is 33.6 Å². The van der Waals surface area contributed by atoms with Crippen LogP contribution in [0.15, 0.2) is 0 Å². The molecule has 1 heterocycles. The first-order valence-electron chi connectivity index (χ1n) is 5.71. The van der Waals surface area contributed by atoms with E-state index in [0.29, 0.717) is 6.42 Å². The average molecular weight is 243 g/mol. The van der Waals surface area contributed by atoms with Gasteiger partial charge in [0.2, 0.25) is 5.91 Å². The molecule has 1 N–H and O–H groups in total. The number of Topliss-reactive ketones (excluding diaryl/α,β-unsaturated/α-hetero) is 1. The van der Waals surface area contributed by atoms with Crippen LogP contribution in [0.25, 0.3) is 0 Å². The number of rotatable bonds is 2. The van der Waals surface area contributed by atoms with Gasteiger partial charge < -0.3 is 5.32 Å². The normalized spacial score (nSPS) is 30.6. The van der Waals surface area contributed by atoms with Gasteiger partial charge in [-0.25, -0.2) is 0 Å². The van der Waals surface area contributed by atoms with Gasteiger partial charge in [-0.15, -0.1) is 11.8 Å². The fraction of sp³-hybridized carbons (Fsp3) is 0.833. The standard InChI is InChI=1S/C12H21NO2S/c1-7-9(11(15)8(2)16-7)6-10(14)13-12(3,4)5/h7-9H,6H2,1-5H3,(H,13,14). The second kappa shape index (κ2) is 4.78. The van der Waals surface area contributed by atoms with E-state index < -0.39 is 0 Å². The van der Waals surface area contributed by atoms with Gasteiger partial charge in [0, 0.05) is 23.1 Å². The molecule has 0 saturated carbocycles. The molecule has 1 aliphatic heterocycles. The predicted molar refractivity (Wildman–Crippen MR) is 67.5 cm³/mol. The van der Waals surface area contributed by atoms with Crippen molar-refractivity contribution in [1.82, 2.24) is 5.32 Å². The van der Waals surface area contributed by atoms with Crippen LogP contribution < -0.4 is 5.32 Å². The third-order valence-electron chi connectivity index (χ3n) is 2.67. The van der Waals surface area contributed by atoms with Crippen molar-refractivity contribution in [2.24, 2.45) is 5.92 Å². The Morgan fingerprint density at radius 3 is 2.31 bits per heavy atom. The highest BCUT2D eigenvalue weighted by molar-refractivity contribution is 8.01. The Balaban J connectivity index is 2.55. The summed E-state index contributed by atoms with van der Waals surface area (Å²) in [5, 5.41) is 3.20. The number of carbonyl (C=O) groups is 2. The lowest BCUT2D eigenvalue weighted by Crippen LogP contribution is -2.42. The summed E-state index contributed by atoms with van der Waals surface area (Å²) in [6.45, 7) is 9.79. The smallest absolute Gasteiger partial charge is 0.221 e. The Morgan fingerprint density at radius 2 is 1.94 bits per heavy atom. The average Bonchev–Trinajstić information content (AvgIpc) is 2.29. The van der Waals surface area contributed by atoms with Crippen LogP contribution in [-0.4, -0.2) is 27.7 Å². The highest BCUT2D eigenvalue weighted by Gasteiger charge is 2.39. The van der Waals surface area contributed by atoms with Crippen molar-refractivity contribution >= 4 is 23.5 Å². The Bertz CT molecular complexity index is 296. The zero-order chi connectivity index (χ0) is 12.5. The van der Waals surface area contributed by atoms with Gasteiger partial charge in [-0.2, -0.15) is 0 Å². The maximum absolute atomic E-state index is 11.8. The topological polar surface area (TPSA) is 46.2 Å². The number of amides is 1. The van der Waals surface area contributed by atoms with Crippen molar-refractivity contribution in [3.63, 3.8) is 0 Å². The van der Waals surface area contributed by atoms with Gasteiger partial charge in [0.25, 0.3) is 0 Å². The molecule has 1 aliphatic rings. The molecule has 0 aromatic carbocycles. The molecule has 92 valence electrons. The van der Waals surface area contributed by atoms with E-state index in [1.54, 1.807) is 11.8 Å². The number of nitrogens with one attached hydrogen (secondary N) is 1. The molecule has 4 heteroatoms. The first-order chi connectivity index (χ1) is 7.20. The summed E-state index contributed by atoms with van der Waals surface area (Å²) in [6, 6.07) is 0. The fourth-order valence-corrected chi connectivity index (χ4v) is 3.33. The Labute approximate surface area is 102 Å². The molecule has 3 unspecified atom stereocenters. The van der Waals surface area contributed by atoms with Crippen molar-refractivity contribution < 1.29 is 9.59 Å². The van der Waals surface area contributed by atoms with Gasteiger partial charge in [0.05, 0.1) is 5.25 Å². The summed E-state index contributed by atoms with van der Waals surface area (Å²) >= 11 is 1.67. The van der Waals surface area contributed by atoms with E-state index in [1.165, 1.54) is 0 Å². The second-order valence-electron chi connectivity index (χ2n) is 5.49. The Kier molecular flexibility index (Phi) is 4.05. The highest BCUT2D eigenvalue weighted by atomic mass is 32.2. The van der Waals surface area contributed by atoms with Crippen LogP contribution in [0, 0.1) is 5.92 Å². The Hall–Kier alpha value is -0.510. The zero-order valence-electron chi connectivity index (χ0n) is 10.7. The molecule has 0 radical (unpaired) electrons. The predicted octanol–water partition coefficient (Wildman–Crippen LogP) is 2.00.